The van der Waals surface area contributed by atoms with E-state index in [4.69, 9.17) is 21.1 Å². The maximum atomic E-state index is 13.6. The number of amides is 1. The number of hydrogen-bond acceptors (Lipinski definition) is 5. The lowest BCUT2D eigenvalue weighted by Gasteiger charge is -2.25. The quantitative estimate of drug-likeness (QED) is 0.339. The molecule has 3 aromatic rings. The molecule has 0 spiro atoms. The van der Waals surface area contributed by atoms with Crippen LogP contribution < -0.4 is 14.4 Å². The summed E-state index contributed by atoms with van der Waals surface area (Å²) < 4.78 is 24.7. The summed E-state index contributed by atoms with van der Waals surface area (Å²) in [5.74, 6) is -1.55. The molecule has 8 heteroatoms. The van der Waals surface area contributed by atoms with Gasteiger partial charge < -0.3 is 14.6 Å². The van der Waals surface area contributed by atoms with E-state index in [1.807, 2.05) is 0 Å². The number of ether oxygens (including phenoxy) is 2. The first-order valence-corrected chi connectivity index (χ1v) is 10.5. The van der Waals surface area contributed by atoms with Crippen molar-refractivity contribution >= 4 is 34.7 Å². The number of Topliss-reactive ketones (excluding diaryl/α,β-unsaturated/α-hetero) is 1. The highest BCUT2D eigenvalue weighted by Crippen LogP contribution is 2.43. The second kappa shape index (κ2) is 8.26. The molecule has 6 nitrogen and oxygen atoms in total. The predicted molar refractivity (Wildman–Crippen MR) is 120 cm³/mol. The number of hydrogen-bond donors (Lipinski definition) is 1. The van der Waals surface area contributed by atoms with Crippen molar-refractivity contribution in [3.05, 3.63) is 94.3 Å². The summed E-state index contributed by atoms with van der Waals surface area (Å²) >= 11 is 5.99. The number of nitrogens with zero attached hydrogens (tertiary/aromatic N) is 1. The molecule has 1 atom stereocenters. The van der Waals surface area contributed by atoms with Crippen molar-refractivity contribution in [2.75, 3.05) is 18.1 Å². The molecule has 1 amide bonds. The summed E-state index contributed by atoms with van der Waals surface area (Å²) in [5.41, 5.74) is 1.06. The van der Waals surface area contributed by atoms with Crippen LogP contribution in [-0.4, -0.2) is 30.0 Å². The average molecular weight is 466 g/mol. The highest BCUT2D eigenvalue weighted by molar-refractivity contribution is 6.51. The van der Waals surface area contributed by atoms with Crippen LogP contribution in [0.4, 0.5) is 10.1 Å². The smallest absolute Gasteiger partial charge is 0.300 e. The third-order valence-corrected chi connectivity index (χ3v) is 5.80. The lowest BCUT2D eigenvalue weighted by molar-refractivity contribution is -0.132. The molecule has 1 N–H and O–H groups in total. The number of aliphatic hydroxyl groups excluding tert-OH is 1. The predicted octanol–water partition coefficient (Wildman–Crippen LogP) is 4.88. The zero-order chi connectivity index (χ0) is 23.1. The molecule has 1 fully saturated rings. The molecule has 33 heavy (non-hydrogen) atoms. The highest BCUT2D eigenvalue weighted by Gasteiger charge is 2.47. The third kappa shape index (κ3) is 3.70. The summed E-state index contributed by atoms with van der Waals surface area (Å²) in [6, 6.07) is 15.6. The number of carbonyl (C=O) groups is 2. The van der Waals surface area contributed by atoms with Crippen molar-refractivity contribution in [3.8, 4) is 11.5 Å². The van der Waals surface area contributed by atoms with Gasteiger partial charge >= 0.3 is 0 Å². The van der Waals surface area contributed by atoms with Gasteiger partial charge in [0.1, 0.15) is 24.8 Å². The Morgan fingerprint density at radius 2 is 1.61 bits per heavy atom. The summed E-state index contributed by atoms with van der Waals surface area (Å²) in [4.78, 5) is 27.5. The van der Waals surface area contributed by atoms with E-state index in [1.165, 1.54) is 29.2 Å². The molecule has 0 bridgehead atoms. The first-order chi connectivity index (χ1) is 15.9. The van der Waals surface area contributed by atoms with E-state index in [-0.39, 0.29) is 11.3 Å². The zero-order valence-corrected chi connectivity index (χ0v) is 17.9. The lowest BCUT2D eigenvalue weighted by atomic mass is 9.95. The van der Waals surface area contributed by atoms with Crippen LogP contribution in [0.1, 0.15) is 17.2 Å². The Balaban J connectivity index is 1.68. The first kappa shape index (κ1) is 21.0. The third-order valence-electron chi connectivity index (χ3n) is 5.55. The van der Waals surface area contributed by atoms with Crippen LogP contribution >= 0.6 is 11.6 Å². The molecule has 2 aliphatic rings. The molecular weight excluding hydrogens is 449 g/mol. The highest BCUT2D eigenvalue weighted by atomic mass is 35.5. The number of aliphatic hydroxyl groups is 1. The topological polar surface area (TPSA) is 76.1 Å². The van der Waals surface area contributed by atoms with Crippen LogP contribution in [0.2, 0.25) is 5.02 Å². The zero-order valence-electron chi connectivity index (χ0n) is 17.1. The second-order valence-corrected chi connectivity index (χ2v) is 7.99. The SMILES string of the molecule is O=C1C(=O)N(c2ccc(Cl)cc2)C(c2ccc(F)cc2)/C1=C(/O)c1ccc2c(c1)OCCO2. The second-order valence-electron chi connectivity index (χ2n) is 7.56. The molecule has 0 saturated carbocycles. The van der Waals surface area contributed by atoms with Crippen molar-refractivity contribution in [1.29, 1.82) is 0 Å². The molecule has 0 radical (unpaired) electrons. The van der Waals surface area contributed by atoms with E-state index in [2.05, 4.69) is 0 Å². The van der Waals surface area contributed by atoms with Gasteiger partial charge in [0.15, 0.2) is 11.5 Å². The van der Waals surface area contributed by atoms with Crippen LogP contribution in [0.25, 0.3) is 5.76 Å². The van der Waals surface area contributed by atoms with Crippen LogP contribution in [-0.2, 0) is 9.59 Å². The first-order valence-electron chi connectivity index (χ1n) is 10.2. The van der Waals surface area contributed by atoms with E-state index >= 15 is 0 Å². The van der Waals surface area contributed by atoms with Gasteiger partial charge in [-0.05, 0) is 60.2 Å². The molecule has 5 rings (SSSR count). The Morgan fingerprint density at radius 3 is 2.30 bits per heavy atom. The van der Waals surface area contributed by atoms with E-state index in [0.29, 0.717) is 46.5 Å². The van der Waals surface area contributed by atoms with Gasteiger partial charge in [-0.15, -0.1) is 0 Å². The molecule has 0 aromatic heterocycles. The van der Waals surface area contributed by atoms with Crippen molar-refractivity contribution in [1.82, 2.24) is 0 Å². The van der Waals surface area contributed by atoms with Gasteiger partial charge in [0.2, 0.25) is 0 Å². The number of carbonyl (C=O) groups excluding carboxylic acids is 2. The van der Waals surface area contributed by atoms with Crippen LogP contribution in [0.3, 0.4) is 0 Å². The van der Waals surface area contributed by atoms with E-state index < -0.39 is 23.5 Å². The van der Waals surface area contributed by atoms with Crippen LogP contribution in [0.15, 0.2) is 72.3 Å². The fourth-order valence-electron chi connectivity index (χ4n) is 4.01. The van der Waals surface area contributed by atoms with Crippen LogP contribution in [0.5, 0.6) is 11.5 Å². The molecular formula is C25H17ClFNO5. The maximum Gasteiger partial charge on any atom is 0.300 e. The molecule has 166 valence electrons. The fraction of sp³-hybridized carbons (Fsp3) is 0.120. The minimum Gasteiger partial charge on any atom is -0.507 e. The van der Waals surface area contributed by atoms with Gasteiger partial charge in [-0.1, -0.05) is 23.7 Å². The number of ketones is 1. The molecule has 0 aliphatic carbocycles. The van der Waals surface area contributed by atoms with Gasteiger partial charge in [-0.3, -0.25) is 14.5 Å². The normalized spacial score (nSPS) is 19.1. The molecule has 2 heterocycles. The Kier molecular flexibility index (Phi) is 5.26. The molecule has 2 aliphatic heterocycles. The van der Waals surface area contributed by atoms with Gasteiger partial charge in [0, 0.05) is 16.3 Å². The van der Waals surface area contributed by atoms with Gasteiger partial charge in [0.25, 0.3) is 11.7 Å². The Hall–Kier alpha value is -3.84. The van der Waals surface area contributed by atoms with E-state index in [9.17, 15) is 19.1 Å². The van der Waals surface area contributed by atoms with Crippen molar-refractivity contribution in [2.24, 2.45) is 0 Å². The number of anilines is 1. The molecule has 3 aromatic carbocycles. The lowest BCUT2D eigenvalue weighted by Crippen LogP contribution is -2.29. The van der Waals surface area contributed by atoms with Crippen molar-refractivity contribution in [2.45, 2.75) is 6.04 Å². The summed E-state index contributed by atoms with van der Waals surface area (Å²) in [5, 5.41) is 11.7. The minimum absolute atomic E-state index is 0.113. The minimum atomic E-state index is -0.972. The number of benzene rings is 3. The van der Waals surface area contributed by atoms with Gasteiger partial charge in [-0.25, -0.2) is 4.39 Å². The van der Waals surface area contributed by atoms with Crippen LogP contribution in [0, 0.1) is 5.82 Å². The Morgan fingerprint density at radius 1 is 0.939 bits per heavy atom. The summed E-state index contributed by atoms with van der Waals surface area (Å²) in [6.07, 6.45) is 0. The number of rotatable bonds is 3. The fourth-order valence-corrected chi connectivity index (χ4v) is 4.13. The standard InChI is InChI=1S/C25H17ClFNO5/c26-16-4-8-18(9-5-16)28-22(14-1-6-17(27)7-2-14)21(24(30)25(28)31)23(29)15-3-10-19-20(13-15)33-12-11-32-19/h1-10,13,22,29H,11-12H2/b23-21-. The number of halogens is 2. The summed E-state index contributed by atoms with van der Waals surface area (Å²) in [6.45, 7) is 0.767. The molecule has 1 unspecified atom stereocenters. The summed E-state index contributed by atoms with van der Waals surface area (Å²) in [7, 11) is 0. The van der Waals surface area contributed by atoms with E-state index in [0.717, 1.165) is 0 Å². The van der Waals surface area contributed by atoms with E-state index in [1.54, 1.807) is 42.5 Å². The molecule has 1 saturated heterocycles. The average Bonchev–Trinajstić information content (AvgIpc) is 3.10. The van der Waals surface area contributed by atoms with Crippen molar-refractivity contribution in [3.63, 3.8) is 0 Å². The largest absolute Gasteiger partial charge is 0.507 e. The number of fused-ring (bicyclic) bond motifs is 1. The van der Waals surface area contributed by atoms with Gasteiger partial charge in [0.05, 0.1) is 11.6 Å². The Labute approximate surface area is 193 Å². The maximum absolute atomic E-state index is 13.6. The monoisotopic (exact) mass is 465 g/mol. The van der Waals surface area contributed by atoms with Crippen molar-refractivity contribution < 1.29 is 28.6 Å². The Bertz CT molecular complexity index is 1290. The van der Waals surface area contributed by atoms with Gasteiger partial charge in [-0.2, -0.15) is 0 Å².